The lowest BCUT2D eigenvalue weighted by Crippen LogP contribution is -2.67. The Morgan fingerprint density at radius 1 is 0.554 bits per heavy atom. The molecule has 5 saturated heterocycles. The number of ether oxygens (including phenoxy) is 9. The molecule has 5 heterocycles. The van der Waals surface area contributed by atoms with Crippen molar-refractivity contribution in [2.24, 2.45) is 52.3 Å². The summed E-state index contributed by atoms with van der Waals surface area (Å²) >= 11 is 0. The van der Waals surface area contributed by atoms with Crippen molar-refractivity contribution in [2.75, 3.05) is 26.4 Å². The van der Waals surface area contributed by atoms with E-state index in [1.165, 1.54) is 6.92 Å². The van der Waals surface area contributed by atoms with Gasteiger partial charge >= 0.3 is 0 Å². The van der Waals surface area contributed by atoms with E-state index < -0.39 is 155 Å². The molecule has 0 aromatic rings. The third-order valence-corrected chi connectivity index (χ3v) is 20.1. The molecular formula is C51H86O23. The molecule has 14 N–H and O–H groups in total. The third kappa shape index (κ3) is 10.3. The fourth-order valence-corrected chi connectivity index (χ4v) is 15.6. The molecule has 74 heavy (non-hydrogen) atoms. The van der Waals surface area contributed by atoms with E-state index in [1.54, 1.807) is 0 Å². The minimum absolute atomic E-state index is 0.0171. The first-order chi connectivity index (χ1) is 35.0. The first kappa shape index (κ1) is 57.8. The van der Waals surface area contributed by atoms with Crippen LogP contribution in [-0.4, -0.2) is 239 Å². The van der Waals surface area contributed by atoms with E-state index in [2.05, 4.69) is 20.8 Å². The van der Waals surface area contributed by atoms with E-state index in [4.69, 9.17) is 42.6 Å². The molecule has 0 aromatic carbocycles. The lowest BCUT2D eigenvalue weighted by atomic mass is 9.44. The molecule has 9 fully saturated rings. The van der Waals surface area contributed by atoms with Crippen molar-refractivity contribution in [1.82, 2.24) is 0 Å². The Morgan fingerprint density at radius 2 is 1.12 bits per heavy atom. The summed E-state index contributed by atoms with van der Waals surface area (Å²) in [6.45, 7) is 8.49. The van der Waals surface area contributed by atoms with Gasteiger partial charge in [0.05, 0.1) is 44.7 Å². The second kappa shape index (κ2) is 22.6. The molecule has 0 aromatic heterocycles. The Hall–Kier alpha value is -0.920. The zero-order valence-electron chi connectivity index (χ0n) is 43.1. The monoisotopic (exact) mass is 1070 g/mol. The van der Waals surface area contributed by atoms with Crippen LogP contribution in [0.4, 0.5) is 0 Å². The third-order valence-electron chi connectivity index (χ3n) is 20.1. The summed E-state index contributed by atoms with van der Waals surface area (Å²) < 4.78 is 54.5. The fourth-order valence-electron chi connectivity index (χ4n) is 15.6. The minimum Gasteiger partial charge on any atom is -0.394 e. The Kier molecular flexibility index (Phi) is 17.6. The second-order valence-corrected chi connectivity index (χ2v) is 24.3. The van der Waals surface area contributed by atoms with Crippen LogP contribution in [0, 0.1) is 52.3 Å². The lowest BCUT2D eigenvalue weighted by molar-refractivity contribution is -0.390. The van der Waals surface area contributed by atoms with Crippen molar-refractivity contribution < 1.29 is 114 Å². The Bertz CT molecular complexity index is 1850. The SMILES string of the molecule is C[C@@H](CC[C@@]1(O)OC2CC3C4CCC5C[C@@H](O[C@@H]6O[C@H](CO)[C@@H](O[C@@H]7O[C@H](CO)[C@@H](O)[C@H](O)[C@H]7O)[C@H](O)[C@H]6O[C@@H]6O[C@@H](C)[C@H](O)[C@@H](O)[C@H]6O)CC[C@]5(C)C4CC[C@]3(C)C2[C@@H]1C)CO[C@@H]1O[C@H](CO)[C@@H](O)[C@H](O)[C@H]1O. The summed E-state index contributed by atoms with van der Waals surface area (Å²) in [6, 6.07) is 0. The summed E-state index contributed by atoms with van der Waals surface area (Å²) in [5.41, 5.74) is -0.0583. The van der Waals surface area contributed by atoms with Crippen LogP contribution in [0.25, 0.3) is 0 Å². The molecule has 4 aliphatic carbocycles. The highest BCUT2D eigenvalue weighted by molar-refractivity contribution is 5.15. The summed E-state index contributed by atoms with van der Waals surface area (Å²) in [5, 5.41) is 149. The largest absolute Gasteiger partial charge is 0.394 e. The number of hydrogen-bond donors (Lipinski definition) is 14. The molecule has 0 bridgehead atoms. The van der Waals surface area contributed by atoms with Crippen molar-refractivity contribution in [3.63, 3.8) is 0 Å². The van der Waals surface area contributed by atoms with Gasteiger partial charge in [0.25, 0.3) is 0 Å². The summed E-state index contributed by atoms with van der Waals surface area (Å²) in [5.74, 6) is 0.202. The van der Waals surface area contributed by atoms with Crippen LogP contribution in [0.5, 0.6) is 0 Å². The normalized spacial score (nSPS) is 56.0. The molecule has 428 valence electrons. The van der Waals surface area contributed by atoms with Gasteiger partial charge in [-0.15, -0.1) is 0 Å². The van der Waals surface area contributed by atoms with Gasteiger partial charge in [-0.25, -0.2) is 0 Å². The number of rotatable bonds is 15. The van der Waals surface area contributed by atoms with E-state index in [9.17, 15) is 71.5 Å². The van der Waals surface area contributed by atoms with Gasteiger partial charge in [0.2, 0.25) is 0 Å². The van der Waals surface area contributed by atoms with Gasteiger partial charge in [-0.1, -0.05) is 27.7 Å². The van der Waals surface area contributed by atoms with Crippen LogP contribution in [0.3, 0.4) is 0 Å². The Labute approximate surface area is 431 Å². The maximum Gasteiger partial charge on any atom is 0.187 e. The van der Waals surface area contributed by atoms with E-state index in [-0.39, 0.29) is 47.2 Å². The molecule has 0 radical (unpaired) electrons. The summed E-state index contributed by atoms with van der Waals surface area (Å²) in [6.07, 6.45) is -22.7. The van der Waals surface area contributed by atoms with Gasteiger partial charge in [-0.3, -0.25) is 0 Å². The molecule has 0 spiro atoms. The maximum atomic E-state index is 12.1. The topological polar surface area (TPSA) is 366 Å². The van der Waals surface area contributed by atoms with Gasteiger partial charge in [-0.05, 0) is 111 Å². The highest BCUT2D eigenvalue weighted by Crippen LogP contribution is 2.71. The van der Waals surface area contributed by atoms with Gasteiger partial charge < -0.3 is 114 Å². The number of fused-ring (bicyclic) bond motifs is 7. The highest BCUT2D eigenvalue weighted by Gasteiger charge is 2.68. The van der Waals surface area contributed by atoms with Gasteiger partial charge in [0, 0.05) is 12.3 Å². The van der Waals surface area contributed by atoms with E-state index in [1.807, 2.05) is 6.92 Å². The smallest absolute Gasteiger partial charge is 0.187 e. The molecule has 9 aliphatic rings. The van der Waals surface area contributed by atoms with Crippen LogP contribution in [0.1, 0.15) is 98.8 Å². The minimum atomic E-state index is -1.85. The summed E-state index contributed by atoms with van der Waals surface area (Å²) in [7, 11) is 0. The zero-order chi connectivity index (χ0) is 53.5. The highest BCUT2D eigenvalue weighted by atomic mass is 16.8. The zero-order valence-corrected chi connectivity index (χ0v) is 43.1. The molecule has 0 amide bonds. The van der Waals surface area contributed by atoms with Crippen molar-refractivity contribution >= 4 is 0 Å². The van der Waals surface area contributed by atoms with Gasteiger partial charge in [-0.2, -0.15) is 0 Å². The second-order valence-electron chi connectivity index (χ2n) is 24.3. The molecule has 23 heteroatoms. The standard InChI is InChI=1S/C51H86O23/c1-20(19-66-45-39(61)37(59)34(56)29(16-52)69-45)8-13-51(65)21(2)32-28(74-51)15-27-25-7-6-23-14-24(9-11-49(23,4)26(25)10-12-50(27,32)5)68-48-44(73-46-40(62)36(58)33(55)22(3)67-46)42(64)43(31(18-54)71-48)72-47-41(63)38(60)35(57)30(17-53)70-47/h20-48,52-65H,6-19H2,1-5H3/t20-,21-,22-,23?,24-,25?,26?,27?,28?,29+,30+,31+,32?,33-,34+,35+,36+,37-,38-,39+,40+,41+,42-,43+,44+,45+,46-,47-,48+,49-,50-,51+/m0/s1. The fraction of sp³-hybridized carbons (Fsp3) is 1.00. The predicted molar refractivity (Wildman–Crippen MR) is 250 cm³/mol. The van der Waals surface area contributed by atoms with Gasteiger partial charge in [0.15, 0.2) is 30.9 Å². The van der Waals surface area contributed by atoms with Crippen LogP contribution in [0.15, 0.2) is 0 Å². The molecule has 6 unspecified atom stereocenters. The van der Waals surface area contributed by atoms with E-state index in [0.717, 1.165) is 38.5 Å². The quantitative estimate of drug-likeness (QED) is 0.0730. The Balaban J connectivity index is 0.833. The first-order valence-corrected chi connectivity index (χ1v) is 27.2. The van der Waals surface area contributed by atoms with E-state index >= 15 is 0 Å². The molecule has 5 aliphatic heterocycles. The molecular weight excluding hydrogens is 981 g/mol. The summed E-state index contributed by atoms with van der Waals surface area (Å²) in [4.78, 5) is 0. The van der Waals surface area contributed by atoms with Crippen LogP contribution in [0.2, 0.25) is 0 Å². The maximum absolute atomic E-state index is 12.1. The molecule has 9 rings (SSSR count). The first-order valence-electron chi connectivity index (χ1n) is 27.2. The lowest BCUT2D eigenvalue weighted by Gasteiger charge is -2.61. The molecule has 4 saturated carbocycles. The predicted octanol–water partition coefficient (Wildman–Crippen LogP) is -2.93. The van der Waals surface area contributed by atoms with Crippen molar-refractivity contribution in [3.05, 3.63) is 0 Å². The Morgan fingerprint density at radius 3 is 1.77 bits per heavy atom. The van der Waals surface area contributed by atoms with Gasteiger partial charge in [0.1, 0.15) is 91.6 Å². The average Bonchev–Trinajstić information content (AvgIpc) is 3.82. The number of hydrogen-bond acceptors (Lipinski definition) is 23. The van der Waals surface area contributed by atoms with E-state index in [0.29, 0.717) is 43.4 Å². The van der Waals surface area contributed by atoms with Crippen LogP contribution < -0.4 is 0 Å². The van der Waals surface area contributed by atoms with Crippen molar-refractivity contribution in [1.29, 1.82) is 0 Å². The molecule has 32 atom stereocenters. The van der Waals surface area contributed by atoms with Crippen LogP contribution >= 0.6 is 0 Å². The van der Waals surface area contributed by atoms with Crippen molar-refractivity contribution in [3.8, 4) is 0 Å². The van der Waals surface area contributed by atoms with Crippen LogP contribution in [-0.2, 0) is 42.6 Å². The average molecular weight is 1070 g/mol. The number of aliphatic hydroxyl groups excluding tert-OH is 13. The van der Waals surface area contributed by atoms with Crippen molar-refractivity contribution in [2.45, 2.75) is 240 Å². The number of aliphatic hydroxyl groups is 14. The molecule has 23 nitrogen and oxygen atoms in total.